The third kappa shape index (κ3) is 17.2. The van der Waals surface area contributed by atoms with Crippen molar-refractivity contribution in [2.45, 2.75) is 219 Å². The van der Waals surface area contributed by atoms with E-state index in [0.717, 1.165) is 38.5 Å². The van der Waals surface area contributed by atoms with Crippen LogP contribution in [0.15, 0.2) is 0 Å². The molecular formula is C37H74N2O4. The van der Waals surface area contributed by atoms with Gasteiger partial charge in [-0.3, -0.25) is 9.59 Å². The van der Waals surface area contributed by atoms with Gasteiger partial charge < -0.3 is 21.7 Å². The van der Waals surface area contributed by atoms with Crippen LogP contribution in [-0.4, -0.2) is 33.7 Å². The lowest BCUT2D eigenvalue weighted by atomic mass is 9.62. The van der Waals surface area contributed by atoms with Crippen LogP contribution in [0.1, 0.15) is 207 Å². The minimum absolute atomic E-state index is 0.0386. The molecule has 0 heterocycles. The average molecular weight is 611 g/mol. The van der Waals surface area contributed by atoms with Crippen molar-refractivity contribution in [3.63, 3.8) is 0 Å². The molecule has 0 aromatic heterocycles. The number of unbranched alkanes of at least 4 members (excludes halogenated alkanes) is 24. The van der Waals surface area contributed by atoms with Crippen LogP contribution in [-0.2, 0) is 9.59 Å². The molecule has 0 aromatic rings. The highest BCUT2D eigenvalue weighted by Crippen LogP contribution is 2.43. The Morgan fingerprint density at radius 1 is 0.512 bits per heavy atom. The fraction of sp³-hybridized carbons (Fsp3) is 0.946. The number of aliphatic hydroxyl groups is 2. The Morgan fingerprint density at radius 2 is 0.791 bits per heavy atom. The van der Waals surface area contributed by atoms with Gasteiger partial charge in [0, 0.05) is 0 Å². The van der Waals surface area contributed by atoms with Crippen LogP contribution in [0.5, 0.6) is 0 Å². The minimum atomic E-state index is -1.96. The molecular weight excluding hydrogens is 536 g/mol. The Labute approximate surface area is 266 Å². The lowest BCUT2D eigenvalue weighted by Crippen LogP contribution is -2.66. The second-order valence-corrected chi connectivity index (χ2v) is 13.5. The lowest BCUT2D eigenvalue weighted by molar-refractivity contribution is -0.185. The Hall–Kier alpha value is -1.14. The zero-order valence-corrected chi connectivity index (χ0v) is 28.9. The van der Waals surface area contributed by atoms with Crippen molar-refractivity contribution in [3.8, 4) is 0 Å². The first kappa shape index (κ1) is 41.9. The summed E-state index contributed by atoms with van der Waals surface area (Å²) >= 11 is 0. The van der Waals surface area contributed by atoms with Gasteiger partial charge in [-0.25, -0.2) is 0 Å². The molecule has 0 spiro atoms. The van der Waals surface area contributed by atoms with E-state index in [2.05, 4.69) is 13.8 Å². The lowest BCUT2D eigenvalue weighted by Gasteiger charge is -2.45. The summed E-state index contributed by atoms with van der Waals surface area (Å²) in [6.45, 7) is 6.19. The molecule has 2 amide bonds. The van der Waals surface area contributed by atoms with Crippen LogP contribution in [0.3, 0.4) is 0 Å². The van der Waals surface area contributed by atoms with Gasteiger partial charge in [0.25, 0.3) is 0 Å². The molecule has 0 aromatic carbocycles. The normalized spacial score (nSPS) is 14.1. The third-order valence-electron chi connectivity index (χ3n) is 9.91. The number of hydrogen-bond acceptors (Lipinski definition) is 4. The maximum absolute atomic E-state index is 12.8. The van der Waals surface area contributed by atoms with Gasteiger partial charge in [0.2, 0.25) is 11.8 Å². The first-order valence-corrected chi connectivity index (χ1v) is 18.7. The van der Waals surface area contributed by atoms with E-state index in [1.54, 1.807) is 6.92 Å². The summed E-state index contributed by atoms with van der Waals surface area (Å²) in [5.74, 6) is -1.85. The highest BCUT2D eigenvalue weighted by Gasteiger charge is 2.61. The summed E-state index contributed by atoms with van der Waals surface area (Å²) in [7, 11) is 0. The number of carbonyl (C=O) groups excluding carboxylic acids is 2. The van der Waals surface area contributed by atoms with E-state index in [-0.39, 0.29) is 12.8 Å². The van der Waals surface area contributed by atoms with E-state index in [9.17, 15) is 19.8 Å². The van der Waals surface area contributed by atoms with Gasteiger partial charge in [-0.2, -0.15) is 0 Å². The van der Waals surface area contributed by atoms with Gasteiger partial charge in [0.1, 0.15) is 5.60 Å². The Kier molecular flexibility index (Phi) is 26.5. The van der Waals surface area contributed by atoms with Crippen molar-refractivity contribution in [1.29, 1.82) is 0 Å². The van der Waals surface area contributed by atoms with Crippen LogP contribution >= 0.6 is 0 Å². The average Bonchev–Trinajstić information content (AvgIpc) is 2.98. The molecule has 2 atom stereocenters. The highest BCUT2D eigenvalue weighted by atomic mass is 16.3. The number of nitrogens with two attached hydrogens (primary N) is 2. The van der Waals surface area contributed by atoms with Gasteiger partial charge >= 0.3 is 0 Å². The van der Waals surface area contributed by atoms with Crippen molar-refractivity contribution in [1.82, 2.24) is 0 Å². The van der Waals surface area contributed by atoms with Crippen LogP contribution in [0.2, 0.25) is 0 Å². The SMILES string of the molecule is CCCCCCCCCCCCCCCCC(C(N)=O)(C(N)=O)C(O)(CC)C(O)CCCCCCCCCCCCCC. The van der Waals surface area contributed by atoms with E-state index >= 15 is 0 Å². The summed E-state index contributed by atoms with van der Waals surface area (Å²) in [5, 5.41) is 22.8. The van der Waals surface area contributed by atoms with Crippen molar-refractivity contribution in [2.75, 3.05) is 0 Å². The van der Waals surface area contributed by atoms with Crippen molar-refractivity contribution < 1.29 is 19.8 Å². The van der Waals surface area contributed by atoms with Crippen LogP contribution in [0.25, 0.3) is 0 Å². The van der Waals surface area contributed by atoms with Gasteiger partial charge in [-0.05, 0) is 19.3 Å². The molecule has 6 nitrogen and oxygen atoms in total. The standard InChI is InChI=1S/C37H74N2O4/c1-4-7-9-11-13-15-17-19-20-22-24-26-28-30-32-36(34(38)41,35(39)42)37(43,6-3)33(40)31-29-27-25-23-21-18-16-14-12-10-8-5-2/h33,40,43H,4-32H2,1-3H3,(H2,38,41)(H2,39,42). The molecule has 0 aliphatic rings. The second-order valence-electron chi connectivity index (χ2n) is 13.5. The highest BCUT2D eigenvalue weighted by molar-refractivity contribution is 6.05. The molecule has 6 N–H and O–H groups in total. The molecule has 0 rings (SSSR count). The molecule has 2 unspecified atom stereocenters. The molecule has 0 fully saturated rings. The van der Waals surface area contributed by atoms with E-state index in [4.69, 9.17) is 11.5 Å². The topological polar surface area (TPSA) is 127 Å². The Bertz CT molecular complexity index is 657. The Balaban J connectivity index is 4.47. The molecule has 256 valence electrons. The fourth-order valence-electron chi connectivity index (χ4n) is 6.83. The van der Waals surface area contributed by atoms with Crippen LogP contribution < -0.4 is 11.5 Å². The molecule has 0 saturated carbocycles. The van der Waals surface area contributed by atoms with Gasteiger partial charge in [-0.15, -0.1) is 0 Å². The minimum Gasteiger partial charge on any atom is -0.390 e. The summed E-state index contributed by atoms with van der Waals surface area (Å²) in [5.41, 5.74) is 7.65. The largest absolute Gasteiger partial charge is 0.390 e. The smallest absolute Gasteiger partial charge is 0.236 e. The number of amides is 2. The van der Waals surface area contributed by atoms with Gasteiger partial charge in [-0.1, -0.05) is 188 Å². The van der Waals surface area contributed by atoms with E-state index < -0.39 is 28.9 Å². The predicted molar refractivity (Wildman–Crippen MR) is 183 cm³/mol. The van der Waals surface area contributed by atoms with E-state index in [1.165, 1.54) is 122 Å². The molecule has 0 saturated heterocycles. The first-order valence-electron chi connectivity index (χ1n) is 18.7. The number of hydrogen-bond donors (Lipinski definition) is 4. The summed E-state index contributed by atoms with van der Waals surface area (Å²) in [6, 6.07) is 0. The summed E-state index contributed by atoms with van der Waals surface area (Å²) < 4.78 is 0. The van der Waals surface area contributed by atoms with Crippen LogP contribution in [0.4, 0.5) is 0 Å². The van der Waals surface area contributed by atoms with E-state index in [1.807, 2.05) is 0 Å². The number of rotatable bonds is 33. The third-order valence-corrected chi connectivity index (χ3v) is 9.91. The number of carbonyl (C=O) groups is 2. The maximum Gasteiger partial charge on any atom is 0.236 e. The first-order chi connectivity index (χ1) is 20.7. The quantitative estimate of drug-likeness (QED) is 0.0436. The molecule has 6 heteroatoms. The molecule has 0 radical (unpaired) electrons. The molecule has 43 heavy (non-hydrogen) atoms. The monoisotopic (exact) mass is 611 g/mol. The Morgan fingerprint density at radius 3 is 1.07 bits per heavy atom. The zero-order valence-electron chi connectivity index (χ0n) is 28.9. The van der Waals surface area contributed by atoms with Gasteiger partial charge in [0.05, 0.1) is 6.10 Å². The van der Waals surface area contributed by atoms with Crippen molar-refractivity contribution in [3.05, 3.63) is 0 Å². The second kappa shape index (κ2) is 27.2. The van der Waals surface area contributed by atoms with Gasteiger partial charge in [0.15, 0.2) is 5.41 Å². The van der Waals surface area contributed by atoms with Crippen LogP contribution in [0, 0.1) is 5.41 Å². The molecule has 0 aliphatic heterocycles. The predicted octanol–water partition coefficient (Wildman–Crippen LogP) is 9.41. The van der Waals surface area contributed by atoms with Crippen molar-refractivity contribution in [2.24, 2.45) is 16.9 Å². The summed E-state index contributed by atoms with van der Waals surface area (Å²) in [6.07, 6.45) is 30.4. The fourth-order valence-corrected chi connectivity index (χ4v) is 6.83. The number of aliphatic hydroxyl groups excluding tert-OH is 1. The zero-order chi connectivity index (χ0) is 32.2. The summed E-state index contributed by atoms with van der Waals surface area (Å²) in [4.78, 5) is 25.5. The molecule has 0 aliphatic carbocycles. The van der Waals surface area contributed by atoms with E-state index in [0.29, 0.717) is 12.8 Å². The number of primary amides is 2. The van der Waals surface area contributed by atoms with Crippen molar-refractivity contribution >= 4 is 11.8 Å². The maximum atomic E-state index is 12.8. The molecule has 0 bridgehead atoms.